The third-order valence-corrected chi connectivity index (χ3v) is 3.81. The predicted octanol–water partition coefficient (Wildman–Crippen LogP) is 2.16. The smallest absolute Gasteiger partial charge is 0.234 e. The van der Waals surface area contributed by atoms with Crippen LogP contribution in [0.4, 0.5) is 11.6 Å². The highest BCUT2D eigenvalue weighted by Gasteiger charge is 2.16. The van der Waals surface area contributed by atoms with E-state index < -0.39 is 0 Å². The summed E-state index contributed by atoms with van der Waals surface area (Å²) >= 11 is 1.56. The van der Waals surface area contributed by atoms with Crippen LogP contribution in [0.2, 0.25) is 0 Å². The van der Waals surface area contributed by atoms with Crippen molar-refractivity contribution in [1.82, 2.24) is 9.97 Å². The van der Waals surface area contributed by atoms with Crippen molar-refractivity contribution < 1.29 is 4.79 Å². The zero-order valence-corrected chi connectivity index (χ0v) is 10.6. The number of fused-ring (bicyclic) bond motifs is 1. The van der Waals surface area contributed by atoms with E-state index in [1.807, 2.05) is 25.2 Å². The fraction of sp³-hybridized carbons (Fsp3) is 0.167. The number of thioether (sulfide) groups is 1. The molecule has 5 nitrogen and oxygen atoms in total. The number of anilines is 2. The summed E-state index contributed by atoms with van der Waals surface area (Å²) in [5, 5.41) is 5.83. The molecule has 0 bridgehead atoms. The highest BCUT2D eigenvalue weighted by molar-refractivity contribution is 8.00. The molecule has 0 unspecified atom stereocenters. The maximum Gasteiger partial charge on any atom is 0.234 e. The van der Waals surface area contributed by atoms with Crippen molar-refractivity contribution in [3.63, 3.8) is 0 Å². The predicted molar refractivity (Wildman–Crippen MR) is 72.9 cm³/mol. The summed E-state index contributed by atoms with van der Waals surface area (Å²) < 4.78 is 0. The van der Waals surface area contributed by atoms with Gasteiger partial charge in [-0.3, -0.25) is 4.79 Å². The van der Waals surface area contributed by atoms with Crippen molar-refractivity contribution in [3.8, 4) is 11.3 Å². The Morgan fingerprint density at radius 3 is 3.11 bits per heavy atom. The summed E-state index contributed by atoms with van der Waals surface area (Å²) in [4.78, 5) is 19.8. The highest BCUT2D eigenvalue weighted by atomic mass is 32.2. The molecule has 0 spiro atoms. The summed E-state index contributed by atoms with van der Waals surface area (Å²) in [6, 6.07) is 6.01. The van der Waals surface area contributed by atoms with E-state index in [0.717, 1.165) is 27.8 Å². The van der Waals surface area contributed by atoms with Gasteiger partial charge < -0.3 is 15.6 Å². The van der Waals surface area contributed by atoms with Crippen LogP contribution in [0.5, 0.6) is 0 Å². The second-order valence-electron chi connectivity index (χ2n) is 3.94. The second kappa shape index (κ2) is 4.38. The number of carbonyl (C=O) groups is 1. The molecule has 0 saturated heterocycles. The van der Waals surface area contributed by atoms with E-state index >= 15 is 0 Å². The normalized spacial score (nSPS) is 13.9. The monoisotopic (exact) mass is 260 g/mol. The van der Waals surface area contributed by atoms with Crippen LogP contribution in [-0.2, 0) is 4.79 Å². The van der Waals surface area contributed by atoms with Gasteiger partial charge in [0.1, 0.15) is 0 Å². The summed E-state index contributed by atoms with van der Waals surface area (Å²) in [6.07, 6.45) is 1.77. The van der Waals surface area contributed by atoms with Gasteiger partial charge in [0, 0.05) is 17.5 Å². The molecule has 0 radical (unpaired) electrons. The lowest BCUT2D eigenvalue weighted by Gasteiger charge is -2.16. The molecule has 0 fully saturated rings. The van der Waals surface area contributed by atoms with Crippen LogP contribution < -0.4 is 10.6 Å². The van der Waals surface area contributed by atoms with Crippen molar-refractivity contribution in [1.29, 1.82) is 0 Å². The van der Waals surface area contributed by atoms with Crippen LogP contribution in [0.15, 0.2) is 29.3 Å². The Bertz CT molecular complexity index is 608. The number of imidazole rings is 1. The van der Waals surface area contributed by atoms with Gasteiger partial charge in [0.25, 0.3) is 0 Å². The summed E-state index contributed by atoms with van der Waals surface area (Å²) in [7, 11) is 1.81. The molecule has 6 heteroatoms. The number of H-pyrrole nitrogens is 1. The Morgan fingerprint density at radius 2 is 2.33 bits per heavy atom. The lowest BCUT2D eigenvalue weighted by molar-refractivity contribution is -0.113. The molecule has 2 heterocycles. The first-order chi connectivity index (χ1) is 8.76. The molecule has 1 aromatic heterocycles. The van der Waals surface area contributed by atoms with E-state index in [0.29, 0.717) is 5.75 Å². The van der Waals surface area contributed by atoms with Gasteiger partial charge in [-0.05, 0) is 12.1 Å². The van der Waals surface area contributed by atoms with E-state index in [1.54, 1.807) is 18.0 Å². The van der Waals surface area contributed by atoms with Crippen LogP contribution in [0.3, 0.4) is 0 Å². The van der Waals surface area contributed by atoms with Crippen LogP contribution >= 0.6 is 11.8 Å². The lowest BCUT2D eigenvalue weighted by atomic mass is 10.1. The van der Waals surface area contributed by atoms with E-state index in [9.17, 15) is 4.79 Å². The summed E-state index contributed by atoms with van der Waals surface area (Å²) in [6.45, 7) is 0. The molecular formula is C12H12N4OS. The molecule has 92 valence electrons. The van der Waals surface area contributed by atoms with Crippen molar-refractivity contribution in [2.75, 3.05) is 23.4 Å². The largest absolute Gasteiger partial charge is 0.359 e. The number of nitrogens with one attached hydrogen (secondary N) is 3. The van der Waals surface area contributed by atoms with Gasteiger partial charge in [-0.25, -0.2) is 4.98 Å². The van der Waals surface area contributed by atoms with Crippen LogP contribution in [0, 0.1) is 0 Å². The first-order valence-corrected chi connectivity index (χ1v) is 6.54. The van der Waals surface area contributed by atoms with Gasteiger partial charge in [-0.15, -0.1) is 11.8 Å². The molecule has 0 saturated carbocycles. The van der Waals surface area contributed by atoms with E-state index in [4.69, 9.17) is 0 Å². The van der Waals surface area contributed by atoms with Crippen molar-refractivity contribution in [2.24, 2.45) is 0 Å². The van der Waals surface area contributed by atoms with Gasteiger partial charge in [0.05, 0.1) is 23.3 Å². The first kappa shape index (κ1) is 11.2. The number of aromatic amines is 1. The van der Waals surface area contributed by atoms with Gasteiger partial charge in [0.15, 0.2) is 5.95 Å². The Hall–Kier alpha value is -1.95. The van der Waals surface area contributed by atoms with Crippen molar-refractivity contribution >= 4 is 29.3 Å². The maximum atomic E-state index is 11.4. The zero-order chi connectivity index (χ0) is 12.5. The number of aromatic nitrogens is 2. The Morgan fingerprint density at radius 1 is 1.44 bits per heavy atom. The minimum atomic E-state index is 0.0465. The third-order valence-electron chi connectivity index (χ3n) is 2.74. The number of rotatable bonds is 2. The van der Waals surface area contributed by atoms with Gasteiger partial charge in [-0.1, -0.05) is 6.07 Å². The van der Waals surface area contributed by atoms with E-state index in [2.05, 4.69) is 20.6 Å². The van der Waals surface area contributed by atoms with Crippen LogP contribution in [0.1, 0.15) is 0 Å². The molecule has 0 atom stereocenters. The Balaban J connectivity index is 1.98. The molecule has 0 aliphatic carbocycles. The Kier molecular flexibility index (Phi) is 2.71. The molecule has 1 aliphatic rings. The van der Waals surface area contributed by atoms with E-state index in [-0.39, 0.29) is 5.91 Å². The minimum Gasteiger partial charge on any atom is -0.359 e. The molecular weight excluding hydrogens is 248 g/mol. The molecule has 1 aromatic carbocycles. The fourth-order valence-corrected chi connectivity index (χ4v) is 2.63. The first-order valence-electron chi connectivity index (χ1n) is 5.56. The quantitative estimate of drug-likeness (QED) is 0.774. The minimum absolute atomic E-state index is 0.0465. The van der Waals surface area contributed by atoms with Crippen molar-refractivity contribution in [3.05, 3.63) is 24.4 Å². The number of carbonyl (C=O) groups excluding carboxylic acids is 1. The average Bonchev–Trinajstić information content (AvgIpc) is 2.86. The third kappa shape index (κ3) is 1.95. The second-order valence-corrected chi connectivity index (χ2v) is 4.96. The molecule has 1 aliphatic heterocycles. The van der Waals surface area contributed by atoms with Crippen LogP contribution in [-0.4, -0.2) is 28.7 Å². The Labute approximate surface area is 108 Å². The topological polar surface area (TPSA) is 69.8 Å². The SMILES string of the molecule is CNc1ncc(-c2ccc3c(c2)NC(=O)CS3)[nH]1. The maximum absolute atomic E-state index is 11.4. The fourth-order valence-electron chi connectivity index (χ4n) is 1.85. The van der Waals surface area contributed by atoms with Gasteiger partial charge in [-0.2, -0.15) is 0 Å². The molecule has 3 N–H and O–H groups in total. The van der Waals surface area contributed by atoms with Gasteiger partial charge in [0.2, 0.25) is 5.91 Å². The standard InChI is InChI=1S/C12H12N4OS/c1-13-12-14-5-9(16-12)7-2-3-10-8(4-7)15-11(17)6-18-10/h2-5H,6H2,1H3,(H,15,17)(H2,13,14,16). The average molecular weight is 260 g/mol. The molecule has 1 amide bonds. The summed E-state index contributed by atoms with van der Waals surface area (Å²) in [5.74, 6) is 1.26. The number of hydrogen-bond acceptors (Lipinski definition) is 4. The number of amides is 1. The zero-order valence-electron chi connectivity index (χ0n) is 9.78. The van der Waals surface area contributed by atoms with Crippen LogP contribution in [0.25, 0.3) is 11.3 Å². The molecule has 3 rings (SSSR count). The summed E-state index contributed by atoms with van der Waals surface area (Å²) in [5.41, 5.74) is 2.80. The highest BCUT2D eigenvalue weighted by Crippen LogP contribution is 2.34. The van der Waals surface area contributed by atoms with Gasteiger partial charge >= 0.3 is 0 Å². The lowest BCUT2D eigenvalue weighted by Crippen LogP contribution is -2.18. The number of benzene rings is 1. The van der Waals surface area contributed by atoms with E-state index in [1.165, 1.54) is 0 Å². The number of hydrogen-bond donors (Lipinski definition) is 3. The molecule has 2 aromatic rings. The molecule has 18 heavy (non-hydrogen) atoms. The van der Waals surface area contributed by atoms with Crippen molar-refractivity contribution in [2.45, 2.75) is 4.90 Å². The number of nitrogens with zero attached hydrogens (tertiary/aromatic N) is 1.